The normalized spacial score (nSPS) is 14.1. The molecular formula is C13H16ClN3O2. The van der Waals surface area contributed by atoms with Gasteiger partial charge in [-0.2, -0.15) is 0 Å². The summed E-state index contributed by atoms with van der Waals surface area (Å²) in [7, 11) is 1.79. The van der Waals surface area contributed by atoms with Crippen molar-refractivity contribution in [2.75, 3.05) is 0 Å². The average molecular weight is 282 g/mol. The van der Waals surface area contributed by atoms with Gasteiger partial charge in [-0.3, -0.25) is 4.68 Å². The summed E-state index contributed by atoms with van der Waals surface area (Å²) < 4.78 is 7.25. The monoisotopic (exact) mass is 281 g/mol. The Kier molecular flexibility index (Phi) is 4.39. The fourth-order valence-electron chi connectivity index (χ4n) is 1.70. The highest BCUT2D eigenvalue weighted by atomic mass is 35.5. The van der Waals surface area contributed by atoms with Crippen LogP contribution in [0.25, 0.3) is 0 Å². The fourth-order valence-corrected chi connectivity index (χ4v) is 1.88. The first kappa shape index (κ1) is 13.8. The van der Waals surface area contributed by atoms with Gasteiger partial charge >= 0.3 is 0 Å². The molecule has 1 aromatic heterocycles. The van der Waals surface area contributed by atoms with Crippen molar-refractivity contribution in [2.45, 2.75) is 25.6 Å². The van der Waals surface area contributed by atoms with Crippen molar-refractivity contribution in [2.24, 2.45) is 7.05 Å². The molecular weight excluding hydrogens is 266 g/mol. The van der Waals surface area contributed by atoms with Crippen molar-refractivity contribution in [1.29, 1.82) is 0 Å². The van der Waals surface area contributed by atoms with Crippen molar-refractivity contribution in [3.05, 3.63) is 41.2 Å². The third-order valence-electron chi connectivity index (χ3n) is 2.73. The third-order valence-corrected chi connectivity index (χ3v) is 2.96. The predicted octanol–water partition coefficient (Wildman–Crippen LogP) is 1.84. The zero-order valence-corrected chi connectivity index (χ0v) is 11.6. The van der Waals surface area contributed by atoms with Gasteiger partial charge in [-0.05, 0) is 25.1 Å². The van der Waals surface area contributed by atoms with Gasteiger partial charge in [0.1, 0.15) is 11.9 Å². The van der Waals surface area contributed by atoms with Crippen LogP contribution in [0.5, 0.6) is 5.75 Å². The Balaban J connectivity index is 1.93. The van der Waals surface area contributed by atoms with Crippen LogP contribution in [0.3, 0.4) is 0 Å². The number of nitrogens with zero attached hydrogens (tertiary/aromatic N) is 3. The molecule has 1 N–H and O–H groups in total. The summed E-state index contributed by atoms with van der Waals surface area (Å²) in [6.07, 6.45) is 1.15. The summed E-state index contributed by atoms with van der Waals surface area (Å²) in [6, 6.07) is 7.10. The topological polar surface area (TPSA) is 60.2 Å². The van der Waals surface area contributed by atoms with E-state index in [2.05, 4.69) is 10.3 Å². The molecule has 2 unspecified atom stereocenters. The van der Waals surface area contributed by atoms with Crippen molar-refractivity contribution < 1.29 is 9.84 Å². The smallest absolute Gasteiger partial charge is 0.122 e. The first-order valence-corrected chi connectivity index (χ1v) is 6.38. The second kappa shape index (κ2) is 6.04. The summed E-state index contributed by atoms with van der Waals surface area (Å²) in [5.74, 6) is 0.637. The third kappa shape index (κ3) is 3.94. The zero-order valence-electron chi connectivity index (χ0n) is 10.8. The summed E-state index contributed by atoms with van der Waals surface area (Å²) >= 11 is 5.88. The fraction of sp³-hybridized carbons (Fsp3) is 0.385. The highest BCUT2D eigenvalue weighted by Gasteiger charge is 2.18. The van der Waals surface area contributed by atoms with E-state index in [1.54, 1.807) is 42.2 Å². The highest BCUT2D eigenvalue weighted by molar-refractivity contribution is 6.30. The minimum Gasteiger partial charge on any atom is -0.488 e. The second-order valence-electron chi connectivity index (χ2n) is 4.44. The van der Waals surface area contributed by atoms with Crippen LogP contribution in [0.1, 0.15) is 12.6 Å². The van der Waals surface area contributed by atoms with Crippen LogP contribution >= 0.6 is 11.6 Å². The second-order valence-corrected chi connectivity index (χ2v) is 4.87. The number of hydrogen-bond donors (Lipinski definition) is 1. The minimum absolute atomic E-state index is 0.361. The molecule has 1 aromatic carbocycles. The van der Waals surface area contributed by atoms with Crippen molar-refractivity contribution in [1.82, 2.24) is 15.0 Å². The van der Waals surface area contributed by atoms with E-state index in [1.807, 2.05) is 6.92 Å². The van der Waals surface area contributed by atoms with Gasteiger partial charge in [0, 0.05) is 24.7 Å². The van der Waals surface area contributed by atoms with Gasteiger partial charge in [-0.15, -0.1) is 5.10 Å². The average Bonchev–Trinajstić information content (AvgIpc) is 2.74. The molecule has 0 saturated heterocycles. The van der Waals surface area contributed by atoms with Gasteiger partial charge in [0.05, 0.1) is 11.8 Å². The van der Waals surface area contributed by atoms with Gasteiger partial charge in [0.25, 0.3) is 0 Å². The van der Waals surface area contributed by atoms with Crippen LogP contribution in [-0.4, -0.2) is 32.3 Å². The van der Waals surface area contributed by atoms with Crippen LogP contribution in [0.15, 0.2) is 30.5 Å². The Hall–Kier alpha value is -1.59. The van der Waals surface area contributed by atoms with Crippen LogP contribution in [0, 0.1) is 0 Å². The predicted molar refractivity (Wildman–Crippen MR) is 72.3 cm³/mol. The van der Waals surface area contributed by atoms with Crippen LogP contribution in [0.4, 0.5) is 0 Å². The lowest BCUT2D eigenvalue weighted by Gasteiger charge is -2.19. The number of rotatable bonds is 5. The molecule has 6 heteroatoms. The number of halogens is 1. The number of ether oxygens (including phenoxy) is 1. The Morgan fingerprint density at radius 1 is 1.47 bits per heavy atom. The molecule has 0 saturated carbocycles. The summed E-state index contributed by atoms with van der Waals surface area (Å²) in [5, 5.41) is 18.4. The van der Waals surface area contributed by atoms with E-state index in [4.69, 9.17) is 16.3 Å². The molecule has 19 heavy (non-hydrogen) atoms. The van der Waals surface area contributed by atoms with Gasteiger partial charge in [-0.25, -0.2) is 0 Å². The maximum atomic E-state index is 10.1. The number of hydrogen-bond acceptors (Lipinski definition) is 4. The van der Waals surface area contributed by atoms with Crippen LogP contribution in [0.2, 0.25) is 5.02 Å². The van der Waals surface area contributed by atoms with Gasteiger partial charge < -0.3 is 9.84 Å². The number of aliphatic hydroxyl groups excluding tert-OH is 1. The molecule has 2 atom stereocenters. The standard InChI is InChI=1S/C13H16ClN3O2/c1-9(19-12-5-3-4-10(14)6-12)13(18)7-11-8-17(2)16-15-11/h3-6,8-9,13,18H,7H2,1-2H3. The SMILES string of the molecule is CC(Oc1cccc(Cl)c1)C(O)Cc1cn(C)nn1. The van der Waals surface area contributed by atoms with Crippen LogP contribution in [-0.2, 0) is 13.5 Å². The zero-order chi connectivity index (χ0) is 13.8. The minimum atomic E-state index is -0.657. The summed E-state index contributed by atoms with van der Waals surface area (Å²) in [5.41, 5.74) is 0.733. The molecule has 5 nitrogen and oxygen atoms in total. The molecule has 2 aromatic rings. The van der Waals surface area contributed by atoms with Gasteiger partial charge in [0.2, 0.25) is 0 Å². The number of aromatic nitrogens is 3. The van der Waals surface area contributed by atoms with E-state index in [0.29, 0.717) is 17.2 Å². The van der Waals surface area contributed by atoms with E-state index >= 15 is 0 Å². The molecule has 102 valence electrons. The molecule has 0 aliphatic carbocycles. The Morgan fingerprint density at radius 3 is 2.89 bits per heavy atom. The quantitative estimate of drug-likeness (QED) is 0.908. The highest BCUT2D eigenvalue weighted by Crippen LogP contribution is 2.19. The first-order chi connectivity index (χ1) is 9.04. The molecule has 0 spiro atoms. The molecule has 0 amide bonds. The molecule has 0 aliphatic heterocycles. The lowest BCUT2D eigenvalue weighted by Crippen LogP contribution is -2.30. The Labute approximate surface area is 116 Å². The Bertz CT molecular complexity index is 544. The van der Waals surface area contributed by atoms with Crippen molar-refractivity contribution in [3.8, 4) is 5.75 Å². The molecule has 0 radical (unpaired) electrons. The van der Waals surface area contributed by atoms with E-state index in [1.165, 1.54) is 0 Å². The van der Waals surface area contributed by atoms with Gasteiger partial charge in [-0.1, -0.05) is 22.9 Å². The summed E-state index contributed by atoms with van der Waals surface area (Å²) in [4.78, 5) is 0. The molecule has 0 aliphatic rings. The summed E-state index contributed by atoms with van der Waals surface area (Å²) in [6.45, 7) is 1.81. The molecule has 1 heterocycles. The van der Waals surface area contributed by atoms with E-state index in [-0.39, 0.29) is 6.10 Å². The van der Waals surface area contributed by atoms with Crippen LogP contribution < -0.4 is 4.74 Å². The van der Waals surface area contributed by atoms with E-state index in [9.17, 15) is 5.11 Å². The van der Waals surface area contributed by atoms with Gasteiger partial charge in [0.15, 0.2) is 0 Å². The van der Waals surface area contributed by atoms with Crippen molar-refractivity contribution in [3.63, 3.8) is 0 Å². The number of aryl methyl sites for hydroxylation is 1. The molecule has 0 bridgehead atoms. The molecule has 2 rings (SSSR count). The number of aliphatic hydroxyl groups is 1. The van der Waals surface area contributed by atoms with Crippen molar-refractivity contribution >= 4 is 11.6 Å². The molecule has 0 fully saturated rings. The maximum absolute atomic E-state index is 10.1. The lowest BCUT2D eigenvalue weighted by molar-refractivity contribution is 0.0472. The first-order valence-electron chi connectivity index (χ1n) is 6.00. The largest absolute Gasteiger partial charge is 0.488 e. The Morgan fingerprint density at radius 2 is 2.26 bits per heavy atom. The number of benzene rings is 1. The maximum Gasteiger partial charge on any atom is 0.122 e. The van der Waals surface area contributed by atoms with E-state index < -0.39 is 6.10 Å². The van der Waals surface area contributed by atoms with E-state index in [0.717, 1.165) is 5.69 Å². The lowest BCUT2D eigenvalue weighted by atomic mass is 10.1.